The second kappa shape index (κ2) is 8.92. The molecule has 1 aromatic heterocycles. The average molecular weight is 393 g/mol. The van der Waals surface area contributed by atoms with Gasteiger partial charge in [-0.05, 0) is 18.1 Å². The number of fused-ring (bicyclic) bond motifs is 1. The molecule has 0 fully saturated rings. The molecule has 0 aliphatic carbocycles. The third kappa shape index (κ3) is 4.92. The molecule has 29 heavy (non-hydrogen) atoms. The topological polar surface area (TPSA) is 118 Å². The van der Waals surface area contributed by atoms with Crippen LogP contribution in [0.25, 0.3) is 10.8 Å². The fourth-order valence-corrected chi connectivity index (χ4v) is 2.79. The van der Waals surface area contributed by atoms with Crippen LogP contribution in [0.15, 0.2) is 53.3 Å². The summed E-state index contributed by atoms with van der Waals surface area (Å²) in [6.07, 6.45) is 0.647. The van der Waals surface area contributed by atoms with Crippen LogP contribution >= 0.6 is 0 Å². The van der Waals surface area contributed by atoms with Gasteiger partial charge in [0.05, 0.1) is 5.39 Å². The minimum Gasteiger partial charge on any atom is -0.452 e. The standard InChI is InChI=1S/C21H19N3O5/c1-13(25)22-11-10-14-6-8-15(9-7-14)18(26)12-29-21(28)19-16-4-2-3-5-17(16)20(27)24-23-19/h2-9H,10-12H2,1H3,(H,22,25)(H,24,27). The number of ether oxygens (including phenoxy) is 1. The maximum Gasteiger partial charge on any atom is 0.359 e. The normalized spacial score (nSPS) is 10.5. The molecule has 1 heterocycles. The molecular formula is C21H19N3O5. The van der Waals surface area contributed by atoms with Gasteiger partial charge in [0, 0.05) is 24.4 Å². The second-order valence-corrected chi connectivity index (χ2v) is 6.38. The zero-order valence-electron chi connectivity index (χ0n) is 15.7. The van der Waals surface area contributed by atoms with Gasteiger partial charge in [-0.25, -0.2) is 9.89 Å². The Morgan fingerprint density at radius 1 is 1.03 bits per heavy atom. The van der Waals surface area contributed by atoms with Crippen LogP contribution in [0, 0.1) is 0 Å². The van der Waals surface area contributed by atoms with Gasteiger partial charge < -0.3 is 10.1 Å². The first-order valence-electron chi connectivity index (χ1n) is 8.97. The fraction of sp³-hybridized carbons (Fsp3) is 0.190. The Morgan fingerprint density at radius 3 is 2.41 bits per heavy atom. The molecule has 3 aromatic rings. The summed E-state index contributed by atoms with van der Waals surface area (Å²) in [4.78, 5) is 47.3. The third-order valence-corrected chi connectivity index (χ3v) is 4.29. The van der Waals surface area contributed by atoms with Crippen LogP contribution in [-0.4, -0.2) is 41.0 Å². The highest BCUT2D eigenvalue weighted by Gasteiger charge is 2.17. The number of aromatic amines is 1. The number of rotatable bonds is 7. The lowest BCUT2D eigenvalue weighted by Crippen LogP contribution is -2.22. The van der Waals surface area contributed by atoms with Crippen LogP contribution in [0.4, 0.5) is 0 Å². The van der Waals surface area contributed by atoms with Crippen LogP contribution in [0.1, 0.15) is 33.3 Å². The lowest BCUT2D eigenvalue weighted by Gasteiger charge is -2.07. The molecule has 0 bridgehead atoms. The lowest BCUT2D eigenvalue weighted by atomic mass is 10.1. The van der Waals surface area contributed by atoms with Crippen molar-refractivity contribution in [3.8, 4) is 0 Å². The molecule has 0 saturated heterocycles. The first-order chi connectivity index (χ1) is 14.0. The fourth-order valence-electron chi connectivity index (χ4n) is 2.79. The number of nitrogens with zero attached hydrogens (tertiary/aromatic N) is 1. The van der Waals surface area contributed by atoms with E-state index >= 15 is 0 Å². The molecular weight excluding hydrogens is 374 g/mol. The average Bonchev–Trinajstić information content (AvgIpc) is 2.72. The Morgan fingerprint density at radius 2 is 1.72 bits per heavy atom. The number of amides is 1. The second-order valence-electron chi connectivity index (χ2n) is 6.38. The first kappa shape index (κ1) is 19.9. The van der Waals surface area contributed by atoms with E-state index in [0.717, 1.165) is 5.56 Å². The molecule has 8 heteroatoms. The molecule has 0 aliphatic rings. The number of nitrogens with one attached hydrogen (secondary N) is 2. The summed E-state index contributed by atoms with van der Waals surface area (Å²) < 4.78 is 5.09. The number of H-pyrrole nitrogens is 1. The molecule has 0 saturated carbocycles. The number of aromatic nitrogens is 2. The van der Waals surface area contributed by atoms with Crippen LogP contribution in [0.5, 0.6) is 0 Å². The summed E-state index contributed by atoms with van der Waals surface area (Å²) in [5, 5.41) is 9.39. The number of ketones is 1. The molecule has 1 amide bonds. The number of benzene rings is 2. The van der Waals surface area contributed by atoms with Crippen molar-refractivity contribution in [3.05, 3.63) is 75.7 Å². The minimum absolute atomic E-state index is 0.0543. The monoisotopic (exact) mass is 393 g/mol. The van der Waals surface area contributed by atoms with Crippen molar-refractivity contribution >= 4 is 28.4 Å². The van der Waals surface area contributed by atoms with E-state index < -0.39 is 18.1 Å². The summed E-state index contributed by atoms with van der Waals surface area (Å²) in [5.41, 5.74) is 0.907. The summed E-state index contributed by atoms with van der Waals surface area (Å²) in [5.74, 6) is -1.25. The molecule has 0 unspecified atom stereocenters. The highest BCUT2D eigenvalue weighted by Crippen LogP contribution is 2.13. The van der Waals surface area contributed by atoms with E-state index in [-0.39, 0.29) is 17.4 Å². The molecule has 148 valence electrons. The van der Waals surface area contributed by atoms with Gasteiger partial charge in [-0.15, -0.1) is 0 Å². The largest absolute Gasteiger partial charge is 0.452 e. The SMILES string of the molecule is CC(=O)NCCc1ccc(C(=O)COC(=O)c2n[nH]c(=O)c3ccccc23)cc1. The van der Waals surface area contributed by atoms with Gasteiger partial charge in [-0.2, -0.15) is 5.10 Å². The van der Waals surface area contributed by atoms with Gasteiger partial charge >= 0.3 is 5.97 Å². The Kier molecular flexibility index (Phi) is 6.13. The molecule has 0 atom stereocenters. The lowest BCUT2D eigenvalue weighted by molar-refractivity contribution is -0.118. The Bertz CT molecular complexity index is 1120. The zero-order valence-corrected chi connectivity index (χ0v) is 15.7. The predicted octanol–water partition coefficient (Wildman–Crippen LogP) is 1.64. The van der Waals surface area contributed by atoms with Crippen molar-refractivity contribution in [2.45, 2.75) is 13.3 Å². The van der Waals surface area contributed by atoms with E-state index in [1.807, 2.05) is 0 Å². The van der Waals surface area contributed by atoms with E-state index in [0.29, 0.717) is 29.3 Å². The molecule has 0 spiro atoms. The van der Waals surface area contributed by atoms with Gasteiger partial charge in [0.1, 0.15) is 0 Å². The van der Waals surface area contributed by atoms with E-state index in [9.17, 15) is 19.2 Å². The van der Waals surface area contributed by atoms with Crippen LogP contribution in [0.2, 0.25) is 0 Å². The first-order valence-corrected chi connectivity index (χ1v) is 8.97. The smallest absolute Gasteiger partial charge is 0.359 e. The van der Waals surface area contributed by atoms with Gasteiger partial charge in [0.15, 0.2) is 18.1 Å². The summed E-state index contributed by atoms with van der Waals surface area (Å²) in [7, 11) is 0. The zero-order chi connectivity index (χ0) is 20.8. The summed E-state index contributed by atoms with van der Waals surface area (Å²) in [6, 6.07) is 13.4. The Balaban J connectivity index is 1.62. The summed E-state index contributed by atoms with van der Waals surface area (Å²) >= 11 is 0. The van der Waals surface area contributed by atoms with Crippen LogP contribution in [-0.2, 0) is 16.0 Å². The van der Waals surface area contributed by atoms with Gasteiger partial charge in [0.2, 0.25) is 5.91 Å². The number of Topliss-reactive ketones (excluding diaryl/α,β-unsaturated/α-hetero) is 1. The molecule has 0 radical (unpaired) electrons. The number of hydrogen-bond acceptors (Lipinski definition) is 6. The molecule has 8 nitrogen and oxygen atoms in total. The van der Waals surface area contributed by atoms with Crippen molar-refractivity contribution < 1.29 is 19.1 Å². The highest BCUT2D eigenvalue weighted by atomic mass is 16.5. The van der Waals surface area contributed by atoms with Crippen LogP contribution in [0.3, 0.4) is 0 Å². The molecule has 0 aliphatic heterocycles. The van der Waals surface area contributed by atoms with Crippen LogP contribution < -0.4 is 10.9 Å². The number of esters is 1. The van der Waals surface area contributed by atoms with Gasteiger partial charge in [0.25, 0.3) is 5.56 Å². The van der Waals surface area contributed by atoms with Crippen molar-refractivity contribution in [1.29, 1.82) is 0 Å². The number of hydrogen-bond donors (Lipinski definition) is 2. The minimum atomic E-state index is -0.794. The number of carbonyl (C=O) groups is 3. The van der Waals surface area contributed by atoms with E-state index in [4.69, 9.17) is 4.74 Å². The van der Waals surface area contributed by atoms with Crippen molar-refractivity contribution in [2.24, 2.45) is 0 Å². The molecule has 3 rings (SSSR count). The summed E-state index contributed by atoms with van der Waals surface area (Å²) in [6.45, 7) is 1.52. The molecule has 2 aromatic carbocycles. The maximum absolute atomic E-state index is 12.3. The third-order valence-electron chi connectivity index (χ3n) is 4.29. The van der Waals surface area contributed by atoms with E-state index in [1.54, 1.807) is 48.5 Å². The van der Waals surface area contributed by atoms with E-state index in [1.165, 1.54) is 6.92 Å². The predicted molar refractivity (Wildman–Crippen MR) is 106 cm³/mol. The highest BCUT2D eigenvalue weighted by molar-refractivity contribution is 6.04. The van der Waals surface area contributed by atoms with Crippen molar-refractivity contribution in [2.75, 3.05) is 13.2 Å². The Labute approximate surface area is 165 Å². The van der Waals surface area contributed by atoms with Gasteiger partial charge in [-0.1, -0.05) is 42.5 Å². The van der Waals surface area contributed by atoms with Gasteiger partial charge in [-0.3, -0.25) is 14.4 Å². The Hall–Kier alpha value is -3.81. The maximum atomic E-state index is 12.3. The quantitative estimate of drug-likeness (QED) is 0.465. The van der Waals surface area contributed by atoms with E-state index in [2.05, 4.69) is 15.5 Å². The van der Waals surface area contributed by atoms with Crippen molar-refractivity contribution in [1.82, 2.24) is 15.5 Å². The molecule has 2 N–H and O–H groups in total. The number of carbonyl (C=O) groups excluding carboxylic acids is 3. The van der Waals surface area contributed by atoms with Crippen molar-refractivity contribution in [3.63, 3.8) is 0 Å².